The van der Waals surface area contributed by atoms with Crippen LogP contribution in [0.25, 0.3) is 21.3 Å². The van der Waals surface area contributed by atoms with E-state index in [0.717, 1.165) is 72.3 Å². The number of hydrogen-bond donors (Lipinski definition) is 2. The Morgan fingerprint density at radius 1 is 1.19 bits per heavy atom. The number of rotatable bonds is 6. The molecule has 2 N–H and O–H groups in total. The molecule has 0 unspecified atom stereocenters. The number of ether oxygens (including phenoxy) is 2. The molecule has 3 aromatic rings. The van der Waals surface area contributed by atoms with Gasteiger partial charge in [-0.05, 0) is 17.7 Å². The lowest BCUT2D eigenvalue weighted by atomic mass is 10.1. The summed E-state index contributed by atoms with van der Waals surface area (Å²) < 4.78 is 10.7. The molecule has 0 bridgehead atoms. The van der Waals surface area contributed by atoms with Gasteiger partial charge in [-0.15, -0.1) is 11.3 Å². The first-order valence-corrected chi connectivity index (χ1v) is 9.75. The number of morpholine rings is 1. The van der Waals surface area contributed by atoms with E-state index in [9.17, 15) is 0 Å². The van der Waals surface area contributed by atoms with Crippen molar-refractivity contribution < 1.29 is 14.4 Å². The molecule has 6 nitrogen and oxygen atoms in total. The smallest absolute Gasteiger partial charge is 0.139 e. The second-order valence-electron chi connectivity index (χ2n) is 6.32. The van der Waals surface area contributed by atoms with Crippen LogP contribution in [0.3, 0.4) is 0 Å². The topological polar surface area (TPSA) is 60.7 Å². The molecule has 2 aromatic heterocycles. The van der Waals surface area contributed by atoms with Crippen molar-refractivity contribution in [2.24, 2.45) is 0 Å². The van der Waals surface area contributed by atoms with Gasteiger partial charge >= 0.3 is 0 Å². The number of aromatic nitrogens is 2. The maximum Gasteiger partial charge on any atom is 0.139 e. The Hall–Kier alpha value is -2.22. The number of methoxy groups -OCH3 is 1. The highest BCUT2D eigenvalue weighted by Gasteiger charge is 2.15. The summed E-state index contributed by atoms with van der Waals surface area (Å²) in [4.78, 5) is 11.5. The highest BCUT2D eigenvalue weighted by atomic mass is 32.1. The molecular weight excluding hydrogens is 348 g/mol. The summed E-state index contributed by atoms with van der Waals surface area (Å²) >= 11 is 1.65. The molecule has 26 heavy (non-hydrogen) atoms. The third kappa shape index (κ3) is 3.65. The number of anilines is 1. The molecule has 3 heterocycles. The molecule has 0 spiro atoms. The molecule has 1 aromatic carbocycles. The first-order chi connectivity index (χ1) is 12.8. The van der Waals surface area contributed by atoms with Crippen molar-refractivity contribution in [2.75, 3.05) is 51.8 Å². The van der Waals surface area contributed by atoms with E-state index in [2.05, 4.69) is 32.8 Å². The van der Waals surface area contributed by atoms with E-state index in [0.29, 0.717) is 0 Å². The summed E-state index contributed by atoms with van der Waals surface area (Å²) in [6, 6.07) is 8.12. The maximum absolute atomic E-state index is 5.42. The van der Waals surface area contributed by atoms with Crippen molar-refractivity contribution in [3.8, 4) is 16.9 Å². The standard InChI is InChI=1S/C19H22N4O2S/c1-24-15-4-2-14(3-5-15)16-12-26-19-17(16)18(21-13-22-19)20-6-7-23-8-10-25-11-9-23/h2-5,12-13H,6-11H2,1H3,(H,20,21,22)/p+1. The van der Waals surface area contributed by atoms with Crippen molar-refractivity contribution in [3.63, 3.8) is 0 Å². The zero-order valence-electron chi connectivity index (χ0n) is 14.8. The van der Waals surface area contributed by atoms with Gasteiger partial charge in [0.1, 0.15) is 35.8 Å². The van der Waals surface area contributed by atoms with Gasteiger partial charge in [0.2, 0.25) is 0 Å². The summed E-state index contributed by atoms with van der Waals surface area (Å²) in [6.45, 7) is 5.83. The molecule has 0 amide bonds. The maximum atomic E-state index is 5.42. The molecule has 0 aliphatic carbocycles. The van der Waals surface area contributed by atoms with Gasteiger partial charge < -0.3 is 19.7 Å². The zero-order chi connectivity index (χ0) is 17.8. The number of nitrogens with zero attached hydrogens (tertiary/aromatic N) is 2. The predicted molar refractivity (Wildman–Crippen MR) is 104 cm³/mol. The number of nitrogens with one attached hydrogen (secondary N) is 2. The Kier molecular flexibility index (Phi) is 5.29. The fourth-order valence-corrected chi connectivity index (χ4v) is 4.18. The molecule has 1 aliphatic rings. The van der Waals surface area contributed by atoms with Crippen molar-refractivity contribution in [3.05, 3.63) is 36.0 Å². The van der Waals surface area contributed by atoms with Crippen LogP contribution in [-0.4, -0.2) is 56.5 Å². The fraction of sp³-hybridized carbons (Fsp3) is 0.368. The number of benzene rings is 1. The quantitative estimate of drug-likeness (QED) is 0.691. The normalized spacial score (nSPS) is 15.3. The SMILES string of the molecule is COc1ccc(-c2csc3ncnc(NCC[NH+]4CCOCC4)c23)cc1. The minimum atomic E-state index is 0.858. The molecule has 4 rings (SSSR count). The summed E-state index contributed by atoms with van der Waals surface area (Å²) in [7, 11) is 1.68. The monoisotopic (exact) mass is 371 g/mol. The Morgan fingerprint density at radius 3 is 2.77 bits per heavy atom. The highest BCUT2D eigenvalue weighted by molar-refractivity contribution is 7.17. The molecule has 7 heteroatoms. The van der Waals surface area contributed by atoms with Gasteiger partial charge in [0.05, 0.1) is 38.8 Å². The summed E-state index contributed by atoms with van der Waals surface area (Å²) in [5.41, 5.74) is 2.31. The van der Waals surface area contributed by atoms with Gasteiger partial charge in [-0.3, -0.25) is 0 Å². The van der Waals surface area contributed by atoms with Crippen molar-refractivity contribution >= 4 is 27.4 Å². The second-order valence-corrected chi connectivity index (χ2v) is 7.18. The number of fused-ring (bicyclic) bond motifs is 1. The summed E-state index contributed by atoms with van der Waals surface area (Å²) in [5, 5.41) is 6.77. The molecule has 0 radical (unpaired) electrons. The average molecular weight is 371 g/mol. The summed E-state index contributed by atoms with van der Waals surface area (Å²) in [5.74, 6) is 1.77. The van der Waals surface area contributed by atoms with E-state index in [4.69, 9.17) is 9.47 Å². The van der Waals surface area contributed by atoms with Gasteiger partial charge in [0.25, 0.3) is 0 Å². The van der Waals surface area contributed by atoms with E-state index < -0.39 is 0 Å². The molecule has 136 valence electrons. The fourth-order valence-electron chi connectivity index (χ4n) is 3.26. The average Bonchev–Trinajstić information content (AvgIpc) is 3.14. The van der Waals surface area contributed by atoms with Gasteiger partial charge in [-0.2, -0.15) is 0 Å². The first kappa shape index (κ1) is 17.2. The van der Waals surface area contributed by atoms with E-state index in [1.165, 1.54) is 0 Å². The van der Waals surface area contributed by atoms with Crippen LogP contribution >= 0.6 is 11.3 Å². The van der Waals surface area contributed by atoms with Crippen LogP contribution in [0.2, 0.25) is 0 Å². The van der Waals surface area contributed by atoms with Crippen LogP contribution in [0.15, 0.2) is 36.0 Å². The lowest BCUT2D eigenvalue weighted by Crippen LogP contribution is -3.14. The van der Waals surface area contributed by atoms with Crippen LogP contribution < -0.4 is 15.0 Å². The van der Waals surface area contributed by atoms with E-state index in [1.807, 2.05) is 12.1 Å². The van der Waals surface area contributed by atoms with Crippen LogP contribution in [-0.2, 0) is 4.74 Å². The largest absolute Gasteiger partial charge is 0.497 e. The van der Waals surface area contributed by atoms with Gasteiger partial charge in [-0.1, -0.05) is 12.1 Å². The predicted octanol–water partition coefficient (Wildman–Crippen LogP) is 1.69. The second kappa shape index (κ2) is 7.99. The molecule has 0 atom stereocenters. The minimum Gasteiger partial charge on any atom is -0.497 e. The number of hydrogen-bond acceptors (Lipinski definition) is 6. The number of quaternary nitrogens is 1. The van der Waals surface area contributed by atoms with E-state index in [-0.39, 0.29) is 0 Å². The molecule has 1 aliphatic heterocycles. The third-order valence-electron chi connectivity index (χ3n) is 4.74. The lowest BCUT2D eigenvalue weighted by molar-refractivity contribution is -0.906. The van der Waals surface area contributed by atoms with Crippen molar-refractivity contribution in [1.82, 2.24) is 9.97 Å². The van der Waals surface area contributed by atoms with Crippen LogP contribution in [0.1, 0.15) is 0 Å². The Balaban J connectivity index is 1.55. The molecule has 1 saturated heterocycles. The lowest BCUT2D eigenvalue weighted by Gasteiger charge is -2.23. The van der Waals surface area contributed by atoms with Gasteiger partial charge in [0.15, 0.2) is 0 Å². The van der Waals surface area contributed by atoms with Crippen molar-refractivity contribution in [2.45, 2.75) is 0 Å². The summed E-state index contributed by atoms with van der Waals surface area (Å²) in [6.07, 6.45) is 1.64. The molecular formula is C19H23N4O2S+. The third-order valence-corrected chi connectivity index (χ3v) is 5.63. The molecule has 1 fully saturated rings. The zero-order valence-corrected chi connectivity index (χ0v) is 15.6. The van der Waals surface area contributed by atoms with Gasteiger partial charge in [-0.25, -0.2) is 9.97 Å². The van der Waals surface area contributed by atoms with Crippen LogP contribution in [0.4, 0.5) is 5.82 Å². The Labute approximate surface area is 156 Å². The van der Waals surface area contributed by atoms with Gasteiger partial charge in [0, 0.05) is 10.9 Å². The van der Waals surface area contributed by atoms with Crippen LogP contribution in [0.5, 0.6) is 5.75 Å². The van der Waals surface area contributed by atoms with Crippen molar-refractivity contribution in [1.29, 1.82) is 0 Å². The van der Waals surface area contributed by atoms with E-state index >= 15 is 0 Å². The Bertz CT molecular complexity index is 860. The highest BCUT2D eigenvalue weighted by Crippen LogP contribution is 2.36. The minimum absolute atomic E-state index is 0.858. The Morgan fingerprint density at radius 2 is 2.00 bits per heavy atom. The first-order valence-electron chi connectivity index (χ1n) is 8.87. The molecule has 0 saturated carbocycles. The van der Waals surface area contributed by atoms with Crippen LogP contribution in [0, 0.1) is 0 Å². The number of thiophene rings is 1. The van der Waals surface area contributed by atoms with E-state index in [1.54, 1.807) is 29.7 Å².